The van der Waals surface area contributed by atoms with Crippen molar-refractivity contribution < 1.29 is 23.9 Å². The van der Waals surface area contributed by atoms with Crippen molar-refractivity contribution in [1.82, 2.24) is 19.6 Å². The van der Waals surface area contributed by atoms with Crippen molar-refractivity contribution in [3.8, 4) is 0 Å². The van der Waals surface area contributed by atoms with Crippen LogP contribution in [-0.4, -0.2) is 115 Å². The van der Waals surface area contributed by atoms with Gasteiger partial charge in [-0.25, -0.2) is 4.79 Å². The molecule has 28 heavy (non-hydrogen) atoms. The van der Waals surface area contributed by atoms with E-state index in [9.17, 15) is 14.4 Å². The number of ether oxygens (including phenoxy) is 2. The lowest BCUT2D eigenvalue weighted by atomic mass is 10.0. The molecule has 0 aromatic rings. The summed E-state index contributed by atoms with van der Waals surface area (Å²) in [7, 11) is 1.55. The van der Waals surface area contributed by atoms with Gasteiger partial charge in [-0.2, -0.15) is 0 Å². The summed E-state index contributed by atoms with van der Waals surface area (Å²) in [6.45, 7) is 7.97. The average Bonchev–Trinajstić information content (AvgIpc) is 2.94. The number of morpholine rings is 1. The van der Waals surface area contributed by atoms with Gasteiger partial charge in [-0.15, -0.1) is 0 Å². The Balaban J connectivity index is 1.46. The van der Waals surface area contributed by atoms with Gasteiger partial charge in [0.05, 0.1) is 31.9 Å². The average molecular weight is 396 g/mol. The SMILES string of the molecule is COCCN1C(=O)CN(C2CCN(CC(=O)N3CC(C)OC(C)C3)CC2)C1=O. The fraction of sp³-hybridized carbons (Fsp3) is 0.842. The molecule has 3 heterocycles. The highest BCUT2D eigenvalue weighted by atomic mass is 16.5. The van der Waals surface area contributed by atoms with Gasteiger partial charge in [0.2, 0.25) is 11.8 Å². The molecule has 3 aliphatic rings. The number of carbonyl (C=O) groups is 3. The van der Waals surface area contributed by atoms with E-state index in [1.54, 1.807) is 12.0 Å². The zero-order valence-electron chi connectivity index (χ0n) is 17.1. The molecule has 0 bridgehead atoms. The van der Waals surface area contributed by atoms with Crippen molar-refractivity contribution in [2.45, 2.75) is 44.9 Å². The summed E-state index contributed by atoms with van der Waals surface area (Å²) in [5, 5.41) is 0. The van der Waals surface area contributed by atoms with Gasteiger partial charge in [0.25, 0.3) is 0 Å². The van der Waals surface area contributed by atoms with Gasteiger partial charge in [0.15, 0.2) is 0 Å². The molecular formula is C19H32N4O5. The topological polar surface area (TPSA) is 82.6 Å². The first-order chi connectivity index (χ1) is 13.4. The second kappa shape index (κ2) is 9.19. The molecule has 3 fully saturated rings. The third-order valence-electron chi connectivity index (χ3n) is 5.73. The molecular weight excluding hydrogens is 364 g/mol. The first-order valence-electron chi connectivity index (χ1n) is 10.1. The number of rotatable bonds is 6. The van der Waals surface area contributed by atoms with Crippen molar-refractivity contribution in [2.24, 2.45) is 0 Å². The maximum atomic E-state index is 12.6. The second-order valence-electron chi connectivity index (χ2n) is 8.01. The smallest absolute Gasteiger partial charge is 0.327 e. The molecule has 3 saturated heterocycles. The zero-order valence-corrected chi connectivity index (χ0v) is 17.1. The fourth-order valence-electron chi connectivity index (χ4n) is 4.31. The van der Waals surface area contributed by atoms with Crippen molar-refractivity contribution in [2.75, 3.05) is 59.5 Å². The van der Waals surface area contributed by atoms with Crippen LogP contribution in [0.25, 0.3) is 0 Å². The van der Waals surface area contributed by atoms with Gasteiger partial charge in [-0.3, -0.25) is 19.4 Å². The number of nitrogens with zero attached hydrogens (tertiary/aromatic N) is 4. The van der Waals surface area contributed by atoms with E-state index in [1.165, 1.54) is 4.90 Å². The third-order valence-corrected chi connectivity index (χ3v) is 5.73. The highest BCUT2D eigenvalue weighted by Crippen LogP contribution is 2.22. The molecule has 2 atom stereocenters. The lowest BCUT2D eigenvalue weighted by Crippen LogP contribution is -2.53. The number of hydrogen-bond acceptors (Lipinski definition) is 6. The van der Waals surface area contributed by atoms with Gasteiger partial charge in [-0.05, 0) is 26.7 Å². The van der Waals surface area contributed by atoms with E-state index < -0.39 is 0 Å². The van der Waals surface area contributed by atoms with Crippen LogP contribution in [0.2, 0.25) is 0 Å². The number of imide groups is 1. The number of urea groups is 1. The largest absolute Gasteiger partial charge is 0.383 e. The Hall–Kier alpha value is -1.71. The minimum Gasteiger partial charge on any atom is -0.383 e. The summed E-state index contributed by atoms with van der Waals surface area (Å²) in [6, 6.07) is -0.161. The van der Waals surface area contributed by atoms with E-state index in [1.807, 2.05) is 18.7 Å². The molecule has 3 rings (SSSR count). The molecule has 3 aliphatic heterocycles. The summed E-state index contributed by atoms with van der Waals surface area (Å²) in [6.07, 6.45) is 1.69. The van der Waals surface area contributed by atoms with E-state index >= 15 is 0 Å². The summed E-state index contributed by atoms with van der Waals surface area (Å²) < 4.78 is 10.7. The van der Waals surface area contributed by atoms with Crippen molar-refractivity contribution in [1.29, 1.82) is 0 Å². The molecule has 9 heteroatoms. The first-order valence-corrected chi connectivity index (χ1v) is 10.1. The number of piperidine rings is 1. The van der Waals surface area contributed by atoms with E-state index in [0.717, 1.165) is 25.9 Å². The Kier molecular flexibility index (Phi) is 6.90. The molecule has 0 radical (unpaired) electrons. The van der Waals surface area contributed by atoms with Gasteiger partial charge >= 0.3 is 6.03 Å². The Bertz CT molecular complexity index is 583. The predicted molar refractivity (Wildman–Crippen MR) is 102 cm³/mol. The highest BCUT2D eigenvalue weighted by molar-refractivity contribution is 6.02. The highest BCUT2D eigenvalue weighted by Gasteiger charge is 2.40. The number of likely N-dealkylation sites (tertiary alicyclic amines) is 1. The van der Waals surface area contributed by atoms with Crippen LogP contribution >= 0.6 is 0 Å². The number of carbonyl (C=O) groups excluding carboxylic acids is 3. The summed E-state index contributed by atoms with van der Waals surface area (Å²) in [4.78, 5) is 44.3. The van der Waals surface area contributed by atoms with Crippen LogP contribution in [0.5, 0.6) is 0 Å². The van der Waals surface area contributed by atoms with Gasteiger partial charge < -0.3 is 19.3 Å². The number of hydrogen-bond donors (Lipinski definition) is 0. The maximum Gasteiger partial charge on any atom is 0.327 e. The van der Waals surface area contributed by atoms with E-state index in [-0.39, 0.29) is 42.6 Å². The van der Waals surface area contributed by atoms with Crippen LogP contribution in [-0.2, 0) is 19.1 Å². The molecule has 0 aromatic heterocycles. The first kappa shape index (κ1) is 21.0. The molecule has 0 spiro atoms. The molecule has 2 unspecified atom stereocenters. The number of amides is 4. The summed E-state index contributed by atoms with van der Waals surface area (Å²) >= 11 is 0. The lowest BCUT2D eigenvalue weighted by Gasteiger charge is -2.39. The minimum absolute atomic E-state index is 0.0544. The fourth-order valence-corrected chi connectivity index (χ4v) is 4.31. The Morgan fingerprint density at radius 1 is 1.14 bits per heavy atom. The lowest BCUT2D eigenvalue weighted by molar-refractivity contribution is -0.144. The summed E-state index contributed by atoms with van der Waals surface area (Å²) in [5.41, 5.74) is 0. The molecule has 0 aliphatic carbocycles. The summed E-state index contributed by atoms with van der Waals surface area (Å²) in [5.74, 6) is -0.0196. The predicted octanol–water partition coefficient (Wildman–Crippen LogP) is -0.00280. The monoisotopic (exact) mass is 396 g/mol. The molecule has 158 valence electrons. The molecule has 0 N–H and O–H groups in total. The van der Waals surface area contributed by atoms with E-state index in [2.05, 4.69) is 4.90 Å². The van der Waals surface area contributed by atoms with Gasteiger partial charge in [-0.1, -0.05) is 0 Å². The maximum absolute atomic E-state index is 12.6. The standard InChI is InChI=1S/C19H32N4O5/c1-14-10-21(11-15(2)28-14)17(24)12-20-6-4-16(5-7-20)23-13-18(25)22(19(23)26)8-9-27-3/h14-16H,4-13H2,1-3H3. The third kappa shape index (κ3) is 4.82. The Morgan fingerprint density at radius 2 is 1.79 bits per heavy atom. The molecule has 0 saturated carbocycles. The second-order valence-corrected chi connectivity index (χ2v) is 8.01. The Morgan fingerprint density at radius 3 is 2.39 bits per heavy atom. The van der Waals surface area contributed by atoms with Crippen molar-refractivity contribution >= 4 is 17.8 Å². The van der Waals surface area contributed by atoms with Crippen LogP contribution in [0.4, 0.5) is 4.79 Å². The molecule has 9 nitrogen and oxygen atoms in total. The quantitative estimate of drug-likeness (QED) is 0.588. The minimum atomic E-state index is -0.215. The van der Waals surface area contributed by atoms with Crippen LogP contribution in [0.1, 0.15) is 26.7 Å². The van der Waals surface area contributed by atoms with E-state index in [0.29, 0.717) is 32.8 Å². The van der Waals surface area contributed by atoms with Crippen LogP contribution in [0, 0.1) is 0 Å². The van der Waals surface area contributed by atoms with Crippen LogP contribution in [0.3, 0.4) is 0 Å². The Labute approximate surface area is 166 Å². The van der Waals surface area contributed by atoms with E-state index in [4.69, 9.17) is 9.47 Å². The van der Waals surface area contributed by atoms with Gasteiger partial charge in [0.1, 0.15) is 6.54 Å². The van der Waals surface area contributed by atoms with Gasteiger partial charge in [0, 0.05) is 39.3 Å². The van der Waals surface area contributed by atoms with Crippen molar-refractivity contribution in [3.63, 3.8) is 0 Å². The number of methoxy groups -OCH3 is 1. The normalized spacial score (nSPS) is 27.8. The zero-order chi connectivity index (χ0) is 20.3. The van der Waals surface area contributed by atoms with Crippen LogP contribution in [0.15, 0.2) is 0 Å². The van der Waals surface area contributed by atoms with Crippen LogP contribution < -0.4 is 0 Å². The molecule has 4 amide bonds. The van der Waals surface area contributed by atoms with Crippen molar-refractivity contribution in [3.05, 3.63) is 0 Å². The molecule has 0 aromatic carbocycles.